The fourth-order valence-electron chi connectivity index (χ4n) is 3.17. The molecule has 0 bridgehead atoms. The molecule has 0 aliphatic rings. The Morgan fingerprint density at radius 1 is 1.14 bits per heavy atom. The van der Waals surface area contributed by atoms with Crippen LogP contribution in [-0.2, 0) is 6.18 Å². The Balaban J connectivity index is 2.04. The number of halogens is 3. The van der Waals surface area contributed by atoms with Crippen molar-refractivity contribution >= 4 is 22.3 Å². The van der Waals surface area contributed by atoms with Gasteiger partial charge < -0.3 is 5.32 Å². The van der Waals surface area contributed by atoms with Crippen LogP contribution in [0, 0.1) is 0 Å². The molecule has 0 saturated carbocycles. The first-order chi connectivity index (χ1) is 13.4. The van der Waals surface area contributed by atoms with Crippen molar-refractivity contribution in [2.45, 2.75) is 13.1 Å². The van der Waals surface area contributed by atoms with Gasteiger partial charge in [-0.15, -0.1) is 0 Å². The minimum atomic E-state index is -4.66. The van der Waals surface area contributed by atoms with Gasteiger partial charge in [-0.1, -0.05) is 42.5 Å². The van der Waals surface area contributed by atoms with Crippen molar-refractivity contribution in [3.8, 4) is 11.3 Å². The molecule has 5 nitrogen and oxygen atoms in total. The molecule has 0 radical (unpaired) electrons. The average molecular weight is 384 g/mol. The molecular weight excluding hydrogens is 369 g/mol. The molecule has 1 amide bonds. The first-order valence-corrected chi connectivity index (χ1v) is 8.62. The molecule has 0 unspecified atom stereocenters. The monoisotopic (exact) mass is 384 g/mol. The number of aromatic nitrogens is 3. The van der Waals surface area contributed by atoms with Crippen LogP contribution in [-0.4, -0.2) is 27.0 Å². The number of carbonyl (C=O) groups excluding carboxylic acids is 1. The molecule has 0 fully saturated rings. The first-order valence-electron chi connectivity index (χ1n) is 8.62. The molecule has 2 aromatic carbocycles. The van der Waals surface area contributed by atoms with Crippen LogP contribution in [0.4, 0.5) is 13.2 Å². The summed E-state index contributed by atoms with van der Waals surface area (Å²) in [6.45, 7) is 2.06. The lowest BCUT2D eigenvalue weighted by atomic mass is 10.0. The molecule has 8 heteroatoms. The highest BCUT2D eigenvalue weighted by atomic mass is 19.4. The zero-order chi connectivity index (χ0) is 19.9. The van der Waals surface area contributed by atoms with Gasteiger partial charge in [0, 0.05) is 12.1 Å². The second kappa shape index (κ2) is 6.63. The largest absolute Gasteiger partial charge is 0.433 e. The van der Waals surface area contributed by atoms with Crippen molar-refractivity contribution in [2.75, 3.05) is 6.54 Å². The zero-order valence-electron chi connectivity index (χ0n) is 14.8. The lowest BCUT2D eigenvalue weighted by Crippen LogP contribution is -2.23. The number of hydrogen-bond donors (Lipinski definition) is 1. The highest BCUT2D eigenvalue weighted by Crippen LogP contribution is 2.34. The van der Waals surface area contributed by atoms with Crippen LogP contribution in [0.2, 0.25) is 0 Å². The maximum absolute atomic E-state index is 13.7. The minimum Gasteiger partial charge on any atom is -0.352 e. The molecule has 142 valence electrons. The first kappa shape index (κ1) is 18.0. The van der Waals surface area contributed by atoms with Gasteiger partial charge in [0.05, 0.1) is 11.9 Å². The Kier molecular flexibility index (Phi) is 4.26. The quantitative estimate of drug-likeness (QED) is 0.572. The molecule has 0 atom stereocenters. The zero-order valence-corrected chi connectivity index (χ0v) is 14.8. The van der Waals surface area contributed by atoms with E-state index in [0.717, 1.165) is 23.0 Å². The van der Waals surface area contributed by atoms with Gasteiger partial charge in [0.25, 0.3) is 5.91 Å². The summed E-state index contributed by atoms with van der Waals surface area (Å²) >= 11 is 0. The summed E-state index contributed by atoms with van der Waals surface area (Å²) in [7, 11) is 0. The van der Waals surface area contributed by atoms with E-state index < -0.39 is 17.8 Å². The second-order valence-corrected chi connectivity index (χ2v) is 6.20. The summed E-state index contributed by atoms with van der Waals surface area (Å²) in [5.41, 5.74) is -0.453. The molecule has 0 aliphatic heterocycles. The Morgan fingerprint density at radius 3 is 2.64 bits per heavy atom. The summed E-state index contributed by atoms with van der Waals surface area (Å²) in [4.78, 5) is 16.6. The number of alkyl halides is 3. The fraction of sp³-hybridized carbons (Fsp3) is 0.150. The number of rotatable bonds is 3. The summed E-state index contributed by atoms with van der Waals surface area (Å²) in [5, 5.41) is 7.99. The number of benzene rings is 2. The molecule has 0 spiro atoms. The van der Waals surface area contributed by atoms with Crippen molar-refractivity contribution in [1.82, 2.24) is 19.9 Å². The summed E-state index contributed by atoms with van der Waals surface area (Å²) < 4.78 is 41.8. The predicted molar refractivity (Wildman–Crippen MR) is 98.9 cm³/mol. The molecule has 1 N–H and O–H groups in total. The van der Waals surface area contributed by atoms with E-state index in [1.807, 2.05) is 30.3 Å². The average Bonchev–Trinajstić information content (AvgIpc) is 3.10. The van der Waals surface area contributed by atoms with Gasteiger partial charge in [0.15, 0.2) is 11.3 Å². The third kappa shape index (κ3) is 2.96. The van der Waals surface area contributed by atoms with Crippen molar-refractivity contribution in [2.24, 2.45) is 0 Å². The van der Waals surface area contributed by atoms with E-state index in [2.05, 4.69) is 15.4 Å². The second-order valence-electron chi connectivity index (χ2n) is 6.20. The van der Waals surface area contributed by atoms with E-state index in [-0.39, 0.29) is 16.9 Å². The van der Waals surface area contributed by atoms with Crippen LogP contribution < -0.4 is 5.32 Å². The third-order valence-electron chi connectivity index (χ3n) is 4.41. The van der Waals surface area contributed by atoms with Crippen LogP contribution >= 0.6 is 0 Å². The molecule has 4 rings (SSSR count). The lowest BCUT2D eigenvalue weighted by Gasteiger charge is -2.13. The number of carbonyl (C=O) groups is 1. The molecule has 0 saturated heterocycles. The predicted octanol–water partition coefficient (Wildman–Crippen LogP) is 4.32. The minimum absolute atomic E-state index is 0.00515. The number of amides is 1. The van der Waals surface area contributed by atoms with Gasteiger partial charge in [0.1, 0.15) is 5.56 Å². The summed E-state index contributed by atoms with van der Waals surface area (Å²) in [6, 6.07) is 13.7. The van der Waals surface area contributed by atoms with Crippen LogP contribution in [0.3, 0.4) is 0 Å². The van der Waals surface area contributed by atoms with Crippen molar-refractivity contribution in [1.29, 1.82) is 0 Å². The molecule has 0 aliphatic carbocycles. The number of fused-ring (bicyclic) bond motifs is 2. The van der Waals surface area contributed by atoms with E-state index in [9.17, 15) is 18.0 Å². The smallest absolute Gasteiger partial charge is 0.352 e. The van der Waals surface area contributed by atoms with Gasteiger partial charge >= 0.3 is 6.18 Å². The highest BCUT2D eigenvalue weighted by molar-refractivity contribution is 6.00. The third-order valence-corrected chi connectivity index (χ3v) is 4.41. The topological polar surface area (TPSA) is 59.3 Å². The molecule has 28 heavy (non-hydrogen) atoms. The maximum atomic E-state index is 13.7. The van der Waals surface area contributed by atoms with Gasteiger partial charge in [-0.25, -0.2) is 9.50 Å². The standard InChI is InChI=1S/C20H15F3N4O/c1-2-24-19(28)15-11-25-27-17(20(21,22)23)10-16(26-18(15)27)14-9-5-7-12-6-3-4-8-13(12)14/h3-11H,2H2,1H3,(H,24,28). The van der Waals surface area contributed by atoms with Crippen molar-refractivity contribution in [3.63, 3.8) is 0 Å². The van der Waals surface area contributed by atoms with E-state index in [4.69, 9.17) is 0 Å². The number of nitrogens with zero attached hydrogens (tertiary/aromatic N) is 3. The van der Waals surface area contributed by atoms with Crippen LogP contribution in [0.15, 0.2) is 54.7 Å². The van der Waals surface area contributed by atoms with Gasteiger partial charge in [0.2, 0.25) is 0 Å². The van der Waals surface area contributed by atoms with E-state index >= 15 is 0 Å². The van der Waals surface area contributed by atoms with Gasteiger partial charge in [-0.2, -0.15) is 18.3 Å². The molecule has 2 aromatic heterocycles. The van der Waals surface area contributed by atoms with Crippen LogP contribution in [0.25, 0.3) is 27.7 Å². The summed E-state index contributed by atoms with van der Waals surface area (Å²) in [5.74, 6) is -0.520. The number of hydrogen-bond acceptors (Lipinski definition) is 3. The van der Waals surface area contributed by atoms with Crippen LogP contribution in [0.5, 0.6) is 0 Å². The van der Waals surface area contributed by atoms with E-state index in [1.165, 1.54) is 0 Å². The van der Waals surface area contributed by atoms with Crippen LogP contribution in [0.1, 0.15) is 23.0 Å². The fourth-order valence-corrected chi connectivity index (χ4v) is 3.17. The Morgan fingerprint density at radius 2 is 1.89 bits per heavy atom. The molecule has 2 heterocycles. The van der Waals surface area contributed by atoms with E-state index in [1.54, 1.807) is 19.1 Å². The van der Waals surface area contributed by atoms with E-state index in [0.29, 0.717) is 16.6 Å². The Labute approximate surface area is 157 Å². The van der Waals surface area contributed by atoms with Crippen molar-refractivity contribution < 1.29 is 18.0 Å². The SMILES string of the molecule is CCNC(=O)c1cnn2c(C(F)(F)F)cc(-c3cccc4ccccc34)nc12. The molecule has 4 aromatic rings. The normalized spacial score (nSPS) is 11.9. The maximum Gasteiger partial charge on any atom is 0.433 e. The Bertz CT molecular complexity index is 1190. The van der Waals surface area contributed by atoms with Gasteiger partial charge in [-0.3, -0.25) is 4.79 Å². The Hall–Kier alpha value is -3.42. The molecular formula is C20H15F3N4O. The van der Waals surface area contributed by atoms with Gasteiger partial charge in [-0.05, 0) is 23.8 Å². The van der Waals surface area contributed by atoms with Crippen molar-refractivity contribution in [3.05, 3.63) is 66.0 Å². The number of nitrogens with one attached hydrogen (secondary N) is 1. The highest BCUT2D eigenvalue weighted by Gasteiger charge is 2.36. The lowest BCUT2D eigenvalue weighted by molar-refractivity contribution is -0.142. The summed E-state index contributed by atoms with van der Waals surface area (Å²) in [6.07, 6.45) is -3.56.